The Kier molecular flexibility index (Phi) is 5.30. The fraction of sp³-hybridized carbons (Fsp3) is 0.667. The Morgan fingerprint density at radius 1 is 1.22 bits per heavy atom. The Morgan fingerprint density at radius 2 is 1.83 bits per heavy atom. The molecule has 0 aromatic carbocycles. The van der Waals surface area contributed by atoms with Gasteiger partial charge in [0.2, 0.25) is 0 Å². The molecule has 0 aliphatic carbocycles. The van der Waals surface area contributed by atoms with E-state index in [1.54, 1.807) is 19.9 Å². The van der Waals surface area contributed by atoms with Crippen molar-refractivity contribution in [1.82, 2.24) is 9.97 Å². The van der Waals surface area contributed by atoms with E-state index < -0.39 is 5.54 Å². The Hall–Kier alpha value is -1.40. The van der Waals surface area contributed by atoms with Crippen LogP contribution in [0.25, 0.3) is 0 Å². The van der Waals surface area contributed by atoms with Crippen LogP contribution in [0, 0.1) is 6.92 Å². The van der Waals surface area contributed by atoms with E-state index in [9.17, 15) is 10.2 Å². The molecule has 1 rings (SSSR count). The molecule has 18 heavy (non-hydrogen) atoms. The quantitative estimate of drug-likeness (QED) is 0.574. The smallest absolute Gasteiger partial charge is 0.132 e. The molecule has 0 amide bonds. The second-order valence-corrected chi connectivity index (χ2v) is 4.61. The molecule has 0 radical (unpaired) electrons. The van der Waals surface area contributed by atoms with Crippen molar-refractivity contribution in [2.24, 2.45) is 0 Å². The van der Waals surface area contributed by atoms with Gasteiger partial charge in [0.1, 0.15) is 17.5 Å². The van der Waals surface area contributed by atoms with Crippen LogP contribution < -0.4 is 10.6 Å². The molecule has 1 aromatic heterocycles. The third-order valence-electron chi connectivity index (χ3n) is 2.52. The first-order chi connectivity index (χ1) is 8.53. The van der Waals surface area contributed by atoms with Gasteiger partial charge in [0, 0.05) is 12.6 Å². The van der Waals surface area contributed by atoms with Gasteiger partial charge in [-0.1, -0.05) is 6.92 Å². The Balaban J connectivity index is 2.85. The summed E-state index contributed by atoms with van der Waals surface area (Å²) in [6.07, 6.45) is 1.01. The molecule has 1 aromatic rings. The molecule has 0 saturated carbocycles. The molecular formula is C12H22N4O2. The number of hydrogen-bond acceptors (Lipinski definition) is 6. The highest BCUT2D eigenvalue weighted by atomic mass is 16.3. The van der Waals surface area contributed by atoms with Crippen LogP contribution in [0.4, 0.5) is 11.6 Å². The van der Waals surface area contributed by atoms with Gasteiger partial charge in [-0.05, 0) is 20.3 Å². The summed E-state index contributed by atoms with van der Waals surface area (Å²) in [5.74, 6) is 1.97. The highest BCUT2D eigenvalue weighted by Crippen LogP contribution is 2.16. The number of rotatable bonds is 7. The maximum atomic E-state index is 9.25. The number of aliphatic hydroxyl groups excluding tert-OH is 2. The lowest BCUT2D eigenvalue weighted by Crippen LogP contribution is -2.42. The normalized spacial score (nSPS) is 11.4. The van der Waals surface area contributed by atoms with Gasteiger partial charge in [0.15, 0.2) is 0 Å². The van der Waals surface area contributed by atoms with E-state index in [2.05, 4.69) is 27.5 Å². The number of nitrogens with zero attached hydrogens (tertiary/aromatic N) is 2. The summed E-state index contributed by atoms with van der Waals surface area (Å²) in [6.45, 7) is 6.09. The molecule has 0 spiro atoms. The lowest BCUT2D eigenvalue weighted by molar-refractivity contribution is 0.147. The predicted molar refractivity (Wildman–Crippen MR) is 71.7 cm³/mol. The summed E-state index contributed by atoms with van der Waals surface area (Å²) in [5, 5.41) is 24.7. The van der Waals surface area contributed by atoms with E-state index >= 15 is 0 Å². The number of nitrogens with one attached hydrogen (secondary N) is 2. The van der Waals surface area contributed by atoms with Gasteiger partial charge >= 0.3 is 0 Å². The van der Waals surface area contributed by atoms with Crippen LogP contribution in [0.3, 0.4) is 0 Å². The van der Waals surface area contributed by atoms with E-state index in [4.69, 9.17) is 0 Å². The molecule has 6 heteroatoms. The monoisotopic (exact) mass is 254 g/mol. The van der Waals surface area contributed by atoms with Crippen LogP contribution in [-0.2, 0) is 0 Å². The average Bonchev–Trinajstić information content (AvgIpc) is 2.35. The van der Waals surface area contributed by atoms with E-state index in [-0.39, 0.29) is 13.2 Å². The summed E-state index contributed by atoms with van der Waals surface area (Å²) in [5.41, 5.74) is -0.789. The molecule has 0 aliphatic heterocycles. The first-order valence-corrected chi connectivity index (χ1v) is 6.12. The molecule has 1 heterocycles. The summed E-state index contributed by atoms with van der Waals surface area (Å²) in [7, 11) is 0. The maximum Gasteiger partial charge on any atom is 0.132 e. The average molecular weight is 254 g/mol. The summed E-state index contributed by atoms with van der Waals surface area (Å²) in [4.78, 5) is 8.50. The maximum absolute atomic E-state index is 9.25. The Morgan fingerprint density at radius 3 is 2.39 bits per heavy atom. The van der Waals surface area contributed by atoms with Crippen molar-refractivity contribution in [3.05, 3.63) is 11.9 Å². The van der Waals surface area contributed by atoms with Crippen molar-refractivity contribution in [2.45, 2.75) is 32.7 Å². The van der Waals surface area contributed by atoms with E-state index in [1.807, 2.05) is 0 Å². The van der Waals surface area contributed by atoms with Crippen LogP contribution in [0.2, 0.25) is 0 Å². The molecule has 0 saturated heterocycles. The van der Waals surface area contributed by atoms with Gasteiger partial charge in [-0.25, -0.2) is 9.97 Å². The summed E-state index contributed by atoms with van der Waals surface area (Å²) < 4.78 is 0. The first-order valence-electron chi connectivity index (χ1n) is 6.12. The number of hydrogen-bond donors (Lipinski definition) is 4. The largest absolute Gasteiger partial charge is 0.394 e. The zero-order valence-electron chi connectivity index (χ0n) is 11.2. The van der Waals surface area contributed by atoms with Crippen LogP contribution in [0.15, 0.2) is 6.07 Å². The van der Waals surface area contributed by atoms with E-state index in [0.29, 0.717) is 11.6 Å². The van der Waals surface area contributed by atoms with Gasteiger partial charge < -0.3 is 20.8 Å². The lowest BCUT2D eigenvalue weighted by Gasteiger charge is -2.27. The fourth-order valence-corrected chi connectivity index (χ4v) is 1.41. The second kappa shape index (κ2) is 6.51. The summed E-state index contributed by atoms with van der Waals surface area (Å²) in [6, 6.07) is 1.77. The zero-order valence-corrected chi connectivity index (χ0v) is 11.2. The second-order valence-electron chi connectivity index (χ2n) is 4.61. The molecule has 0 aliphatic rings. The van der Waals surface area contributed by atoms with Crippen molar-refractivity contribution in [1.29, 1.82) is 0 Å². The fourth-order valence-electron chi connectivity index (χ4n) is 1.41. The molecule has 0 unspecified atom stereocenters. The van der Waals surface area contributed by atoms with Gasteiger partial charge in [0.25, 0.3) is 0 Å². The minimum atomic E-state index is -0.789. The van der Waals surface area contributed by atoms with Gasteiger partial charge in [-0.2, -0.15) is 0 Å². The highest BCUT2D eigenvalue weighted by molar-refractivity contribution is 5.48. The topological polar surface area (TPSA) is 90.3 Å². The van der Waals surface area contributed by atoms with Crippen molar-refractivity contribution in [2.75, 3.05) is 30.4 Å². The van der Waals surface area contributed by atoms with E-state index in [0.717, 1.165) is 18.8 Å². The number of aromatic nitrogens is 2. The highest BCUT2D eigenvalue weighted by Gasteiger charge is 2.22. The summed E-state index contributed by atoms with van der Waals surface area (Å²) >= 11 is 0. The minimum absolute atomic E-state index is 0.176. The first kappa shape index (κ1) is 14.7. The third kappa shape index (κ3) is 4.12. The van der Waals surface area contributed by atoms with Crippen molar-refractivity contribution >= 4 is 11.6 Å². The number of aliphatic hydroxyl groups is 2. The molecule has 0 bridgehead atoms. The SMILES string of the molecule is CCCNc1cc(NC(C)(CO)CO)nc(C)n1. The van der Waals surface area contributed by atoms with Crippen LogP contribution in [0.1, 0.15) is 26.1 Å². The van der Waals surface area contributed by atoms with Crippen LogP contribution >= 0.6 is 0 Å². The Bertz CT molecular complexity index is 380. The van der Waals surface area contributed by atoms with Gasteiger partial charge in [-0.15, -0.1) is 0 Å². The molecule has 0 atom stereocenters. The number of anilines is 2. The Labute approximate surface area is 107 Å². The lowest BCUT2D eigenvalue weighted by atomic mass is 10.1. The van der Waals surface area contributed by atoms with E-state index in [1.165, 1.54) is 0 Å². The molecular weight excluding hydrogens is 232 g/mol. The van der Waals surface area contributed by atoms with Crippen LogP contribution in [-0.4, -0.2) is 45.5 Å². The van der Waals surface area contributed by atoms with Crippen molar-refractivity contribution < 1.29 is 10.2 Å². The molecule has 4 N–H and O–H groups in total. The molecule has 6 nitrogen and oxygen atoms in total. The van der Waals surface area contributed by atoms with Crippen molar-refractivity contribution in [3.63, 3.8) is 0 Å². The standard InChI is InChI=1S/C12H22N4O2/c1-4-5-13-10-6-11(15-9(2)14-10)16-12(3,7-17)8-18/h6,17-18H,4-5,7-8H2,1-3H3,(H2,13,14,15,16). The minimum Gasteiger partial charge on any atom is -0.394 e. The number of aryl methyl sites for hydroxylation is 1. The molecule has 102 valence electrons. The predicted octanol–water partition coefficient (Wildman–Crippen LogP) is 0.762. The van der Waals surface area contributed by atoms with Gasteiger partial charge in [-0.3, -0.25) is 0 Å². The van der Waals surface area contributed by atoms with Crippen molar-refractivity contribution in [3.8, 4) is 0 Å². The zero-order chi connectivity index (χ0) is 13.6. The third-order valence-corrected chi connectivity index (χ3v) is 2.52. The molecule has 0 fully saturated rings. The van der Waals surface area contributed by atoms with Gasteiger partial charge in [0.05, 0.1) is 18.8 Å². The van der Waals surface area contributed by atoms with Crippen LogP contribution in [0.5, 0.6) is 0 Å².